The van der Waals surface area contributed by atoms with E-state index >= 15 is 0 Å². The molecule has 0 radical (unpaired) electrons. The Labute approximate surface area is 82.2 Å². The molecule has 1 aromatic carbocycles. The molecule has 0 spiro atoms. The van der Waals surface area contributed by atoms with Crippen LogP contribution < -0.4 is 0 Å². The van der Waals surface area contributed by atoms with Crippen molar-refractivity contribution in [3.05, 3.63) is 23.8 Å². The molecule has 0 unspecified atom stereocenters. The lowest BCUT2D eigenvalue weighted by atomic mass is 10.0. The van der Waals surface area contributed by atoms with E-state index in [-0.39, 0.29) is 5.75 Å². The number of benzene rings is 1. The zero-order chi connectivity index (χ0) is 9.84. The Morgan fingerprint density at radius 3 is 2.69 bits per heavy atom. The van der Waals surface area contributed by atoms with Crippen molar-refractivity contribution in [2.75, 3.05) is 0 Å². The van der Waals surface area contributed by atoms with Crippen LogP contribution >= 0.6 is 11.8 Å². The number of phenols is 1. The Kier molecular flexibility index (Phi) is 3.21. The average Bonchev–Trinajstić information content (AvgIpc) is 2.08. The number of thiocyanates is 1. The lowest BCUT2D eigenvalue weighted by Crippen LogP contribution is -1.86. The molecular weight excluding hydrogens is 182 g/mol. The van der Waals surface area contributed by atoms with Gasteiger partial charge in [-0.25, -0.2) is 0 Å². The van der Waals surface area contributed by atoms with E-state index in [1.807, 2.05) is 17.5 Å². The van der Waals surface area contributed by atoms with Crippen LogP contribution in [0.4, 0.5) is 0 Å². The predicted molar refractivity (Wildman–Crippen MR) is 53.7 cm³/mol. The summed E-state index contributed by atoms with van der Waals surface area (Å²) >= 11 is 0.989. The molecule has 0 aliphatic rings. The van der Waals surface area contributed by atoms with Crippen molar-refractivity contribution in [3.63, 3.8) is 0 Å². The summed E-state index contributed by atoms with van der Waals surface area (Å²) in [6, 6.07) is 5.37. The van der Waals surface area contributed by atoms with Gasteiger partial charge < -0.3 is 5.11 Å². The second-order valence-corrected chi connectivity index (χ2v) is 3.90. The van der Waals surface area contributed by atoms with Crippen LogP contribution in [0.5, 0.6) is 5.75 Å². The molecule has 0 fully saturated rings. The van der Waals surface area contributed by atoms with Gasteiger partial charge in [-0.3, -0.25) is 0 Å². The van der Waals surface area contributed by atoms with Crippen LogP contribution in [-0.4, -0.2) is 5.11 Å². The third kappa shape index (κ3) is 2.40. The first kappa shape index (κ1) is 9.94. The van der Waals surface area contributed by atoms with Crippen LogP contribution in [0.15, 0.2) is 23.1 Å². The summed E-state index contributed by atoms with van der Waals surface area (Å²) in [6.07, 6.45) is 0. The first-order chi connectivity index (χ1) is 6.15. The topological polar surface area (TPSA) is 44.0 Å². The summed E-state index contributed by atoms with van der Waals surface area (Å²) < 4.78 is 0. The van der Waals surface area contributed by atoms with Crippen molar-refractivity contribution >= 4 is 11.8 Å². The Morgan fingerprint density at radius 1 is 1.46 bits per heavy atom. The molecule has 0 heterocycles. The molecular formula is C10H11NOS. The SMILES string of the molecule is CC(C)c1ccc(O)c(SC#N)c1. The van der Waals surface area contributed by atoms with Gasteiger partial charge in [0.05, 0.1) is 4.90 Å². The van der Waals surface area contributed by atoms with Crippen molar-refractivity contribution in [3.8, 4) is 11.2 Å². The molecule has 3 heteroatoms. The van der Waals surface area contributed by atoms with Gasteiger partial charge in [0.1, 0.15) is 11.2 Å². The summed E-state index contributed by atoms with van der Waals surface area (Å²) in [7, 11) is 0. The summed E-state index contributed by atoms with van der Waals surface area (Å²) in [5.74, 6) is 0.592. The first-order valence-corrected chi connectivity index (χ1v) is 4.85. The van der Waals surface area contributed by atoms with E-state index in [0.717, 1.165) is 17.3 Å². The highest BCUT2D eigenvalue weighted by Gasteiger charge is 2.05. The highest BCUT2D eigenvalue weighted by Crippen LogP contribution is 2.30. The third-order valence-electron chi connectivity index (χ3n) is 1.81. The molecule has 0 aromatic heterocycles. The predicted octanol–water partition coefficient (Wildman–Crippen LogP) is 3.09. The molecule has 0 atom stereocenters. The quantitative estimate of drug-likeness (QED) is 0.579. The van der Waals surface area contributed by atoms with E-state index in [1.54, 1.807) is 6.07 Å². The minimum absolute atomic E-state index is 0.177. The average molecular weight is 193 g/mol. The molecule has 0 bridgehead atoms. The molecule has 2 nitrogen and oxygen atoms in total. The minimum atomic E-state index is 0.177. The molecule has 0 saturated heterocycles. The van der Waals surface area contributed by atoms with Gasteiger partial charge in [0, 0.05) is 0 Å². The first-order valence-electron chi connectivity index (χ1n) is 4.04. The lowest BCUT2D eigenvalue weighted by Gasteiger charge is -2.07. The van der Waals surface area contributed by atoms with E-state index in [1.165, 1.54) is 0 Å². The monoisotopic (exact) mass is 193 g/mol. The summed E-state index contributed by atoms with van der Waals surface area (Å²) in [5, 5.41) is 19.8. The Hall–Kier alpha value is -1.14. The molecule has 1 aromatic rings. The third-order valence-corrected chi connectivity index (χ3v) is 2.44. The number of nitriles is 1. The van der Waals surface area contributed by atoms with Crippen molar-refractivity contribution in [2.45, 2.75) is 24.7 Å². The van der Waals surface area contributed by atoms with Crippen LogP contribution in [0.2, 0.25) is 0 Å². The smallest absolute Gasteiger partial charge is 0.138 e. The van der Waals surface area contributed by atoms with Crippen LogP contribution in [-0.2, 0) is 0 Å². The lowest BCUT2D eigenvalue weighted by molar-refractivity contribution is 0.462. The van der Waals surface area contributed by atoms with Gasteiger partial charge in [-0.05, 0) is 35.4 Å². The second-order valence-electron chi connectivity index (χ2n) is 3.08. The number of aromatic hydroxyl groups is 1. The highest BCUT2D eigenvalue weighted by atomic mass is 32.2. The van der Waals surface area contributed by atoms with Crippen molar-refractivity contribution in [1.82, 2.24) is 0 Å². The molecule has 68 valence electrons. The molecule has 0 aliphatic carbocycles. The van der Waals surface area contributed by atoms with Gasteiger partial charge in [-0.15, -0.1) is 0 Å². The van der Waals surface area contributed by atoms with Gasteiger partial charge in [0.2, 0.25) is 0 Å². The van der Waals surface area contributed by atoms with E-state index in [4.69, 9.17) is 5.26 Å². The zero-order valence-electron chi connectivity index (χ0n) is 7.61. The van der Waals surface area contributed by atoms with Crippen molar-refractivity contribution < 1.29 is 5.11 Å². The fourth-order valence-electron chi connectivity index (χ4n) is 1.02. The molecule has 1 rings (SSSR count). The second kappa shape index (κ2) is 4.20. The molecule has 13 heavy (non-hydrogen) atoms. The van der Waals surface area contributed by atoms with E-state index in [9.17, 15) is 5.11 Å². The van der Waals surface area contributed by atoms with Crippen LogP contribution in [0, 0.1) is 10.7 Å². The van der Waals surface area contributed by atoms with Crippen molar-refractivity contribution in [2.24, 2.45) is 0 Å². The molecule has 1 N–H and O–H groups in total. The number of hydrogen-bond donors (Lipinski definition) is 1. The van der Waals surface area contributed by atoms with Gasteiger partial charge in [-0.1, -0.05) is 19.9 Å². The van der Waals surface area contributed by atoms with E-state index < -0.39 is 0 Å². The van der Waals surface area contributed by atoms with Crippen LogP contribution in [0.3, 0.4) is 0 Å². The fraction of sp³-hybridized carbons (Fsp3) is 0.300. The summed E-state index contributed by atoms with van der Waals surface area (Å²) in [6.45, 7) is 4.15. The number of phenolic OH excluding ortho intramolecular Hbond substituents is 1. The summed E-state index contributed by atoms with van der Waals surface area (Å²) in [4.78, 5) is 0.633. The Bertz CT molecular complexity index is 341. The van der Waals surface area contributed by atoms with E-state index in [0.29, 0.717) is 10.8 Å². The molecule has 0 aliphatic heterocycles. The largest absolute Gasteiger partial charge is 0.507 e. The van der Waals surface area contributed by atoms with Crippen LogP contribution in [0.1, 0.15) is 25.3 Å². The molecule has 0 amide bonds. The van der Waals surface area contributed by atoms with Gasteiger partial charge in [-0.2, -0.15) is 5.26 Å². The number of rotatable bonds is 2. The van der Waals surface area contributed by atoms with Gasteiger partial charge in [0.15, 0.2) is 0 Å². The van der Waals surface area contributed by atoms with E-state index in [2.05, 4.69) is 13.8 Å². The number of thioether (sulfide) groups is 1. The van der Waals surface area contributed by atoms with Crippen LogP contribution in [0.25, 0.3) is 0 Å². The number of nitrogens with zero attached hydrogens (tertiary/aromatic N) is 1. The summed E-state index contributed by atoms with van der Waals surface area (Å²) in [5.41, 5.74) is 1.13. The highest BCUT2D eigenvalue weighted by molar-refractivity contribution is 8.03. The fourth-order valence-corrected chi connectivity index (χ4v) is 1.49. The van der Waals surface area contributed by atoms with Gasteiger partial charge in [0.25, 0.3) is 0 Å². The zero-order valence-corrected chi connectivity index (χ0v) is 8.43. The maximum absolute atomic E-state index is 9.38. The Morgan fingerprint density at radius 2 is 2.15 bits per heavy atom. The standard InChI is InChI=1S/C10H11NOS/c1-7(2)8-3-4-9(12)10(5-8)13-6-11/h3-5,7,12H,1-2H3. The maximum atomic E-state index is 9.38. The van der Waals surface area contributed by atoms with Crippen molar-refractivity contribution in [1.29, 1.82) is 5.26 Å². The maximum Gasteiger partial charge on any atom is 0.138 e. The normalized spacial score (nSPS) is 10.0. The Balaban J connectivity index is 3.05. The van der Waals surface area contributed by atoms with Gasteiger partial charge >= 0.3 is 0 Å². The minimum Gasteiger partial charge on any atom is -0.507 e. The molecule has 0 saturated carbocycles. The number of hydrogen-bond acceptors (Lipinski definition) is 3.